The molecular weight excluding hydrogens is 526 g/mol. The fraction of sp³-hybridized carbons (Fsp3) is 0.808. The van der Waals surface area contributed by atoms with Crippen LogP contribution in [-0.2, 0) is 26.1 Å². The maximum Gasteiger partial charge on any atom is 0.323 e. The fourth-order valence-electron chi connectivity index (χ4n) is 5.16. The molecule has 216 valence electrons. The van der Waals surface area contributed by atoms with Crippen molar-refractivity contribution in [3.05, 3.63) is 11.1 Å². The number of carbonyl (C=O) groups excluding carboxylic acids is 2. The van der Waals surface area contributed by atoms with E-state index in [0.29, 0.717) is 43.9 Å². The Bertz CT molecular complexity index is 972. The highest BCUT2D eigenvalue weighted by atomic mass is 32.2. The molecule has 2 aliphatic rings. The summed E-state index contributed by atoms with van der Waals surface area (Å²) in [4.78, 5) is 34.3. The Balaban J connectivity index is 1.48. The lowest BCUT2D eigenvalue weighted by Crippen LogP contribution is -2.48. The van der Waals surface area contributed by atoms with Crippen molar-refractivity contribution in [2.45, 2.75) is 90.1 Å². The molecule has 0 spiro atoms. The van der Waals surface area contributed by atoms with Crippen LogP contribution in [0.2, 0.25) is 0 Å². The number of anilines is 1. The normalized spacial score (nSPS) is 17.8. The summed E-state index contributed by atoms with van der Waals surface area (Å²) in [5.41, 5.74) is 0. The molecule has 10 nitrogen and oxygen atoms in total. The average Bonchev–Trinajstić information content (AvgIpc) is 3.36. The number of piperazine rings is 1. The summed E-state index contributed by atoms with van der Waals surface area (Å²) in [5.74, 6) is -0.747. The van der Waals surface area contributed by atoms with Crippen LogP contribution in [0.1, 0.15) is 82.4 Å². The molecule has 1 saturated heterocycles. The van der Waals surface area contributed by atoms with Crippen LogP contribution in [0.15, 0.2) is 6.20 Å². The molecular formula is C26H45N5O5S2. The quantitative estimate of drug-likeness (QED) is 0.262. The molecule has 0 radical (unpaired) electrons. The Hall–Kier alpha value is -1.76. The highest BCUT2D eigenvalue weighted by Gasteiger charge is 2.28. The Kier molecular flexibility index (Phi) is 12.7. The zero-order valence-electron chi connectivity index (χ0n) is 23.0. The molecule has 1 saturated carbocycles. The topological polar surface area (TPSA) is 112 Å². The number of unbranched alkanes of at least 4 members (excludes halogenated alkanes) is 4. The van der Waals surface area contributed by atoms with Gasteiger partial charge in [-0.15, -0.1) is 11.3 Å². The van der Waals surface area contributed by atoms with Crippen molar-refractivity contribution in [1.82, 2.24) is 19.1 Å². The van der Waals surface area contributed by atoms with Gasteiger partial charge in [0.1, 0.15) is 0 Å². The molecule has 1 aliphatic carbocycles. The van der Waals surface area contributed by atoms with Gasteiger partial charge < -0.3 is 9.64 Å². The number of carbonyl (C=O) groups is 2. The van der Waals surface area contributed by atoms with Gasteiger partial charge in [0.15, 0.2) is 5.13 Å². The van der Waals surface area contributed by atoms with Crippen LogP contribution in [0.3, 0.4) is 0 Å². The van der Waals surface area contributed by atoms with Crippen LogP contribution < -0.4 is 5.32 Å². The number of nitrogens with zero attached hydrogens (tertiary/aromatic N) is 4. The molecule has 1 aromatic rings. The molecule has 0 bridgehead atoms. The van der Waals surface area contributed by atoms with Crippen LogP contribution >= 0.6 is 11.3 Å². The second kappa shape index (κ2) is 15.7. The van der Waals surface area contributed by atoms with E-state index in [1.54, 1.807) is 6.20 Å². The van der Waals surface area contributed by atoms with Gasteiger partial charge in [-0.1, -0.05) is 51.9 Å². The minimum Gasteiger partial charge on any atom is -0.469 e. The number of nitrogens with one attached hydrogen (secondary N) is 1. The lowest BCUT2D eigenvalue weighted by Gasteiger charge is -2.34. The van der Waals surface area contributed by atoms with E-state index in [9.17, 15) is 18.0 Å². The number of ether oxygens (including phenoxy) is 1. The number of aromatic nitrogens is 1. The van der Waals surface area contributed by atoms with E-state index >= 15 is 0 Å². The van der Waals surface area contributed by atoms with Gasteiger partial charge in [-0.25, -0.2) is 18.2 Å². The van der Waals surface area contributed by atoms with Crippen molar-refractivity contribution in [2.24, 2.45) is 0 Å². The lowest BCUT2D eigenvalue weighted by molar-refractivity contribution is -0.140. The van der Waals surface area contributed by atoms with Crippen LogP contribution in [0, 0.1) is 0 Å². The lowest BCUT2D eigenvalue weighted by atomic mass is 9.94. The average molecular weight is 572 g/mol. The third-order valence-electron chi connectivity index (χ3n) is 7.44. The molecule has 1 aliphatic heterocycles. The van der Waals surface area contributed by atoms with Gasteiger partial charge in [-0.3, -0.25) is 15.0 Å². The second-order valence-corrected chi connectivity index (χ2v) is 13.5. The Morgan fingerprint density at radius 2 is 1.82 bits per heavy atom. The summed E-state index contributed by atoms with van der Waals surface area (Å²) < 4.78 is 31.0. The minimum absolute atomic E-state index is 0.0425. The Morgan fingerprint density at radius 1 is 1.11 bits per heavy atom. The van der Waals surface area contributed by atoms with Crippen molar-refractivity contribution < 1.29 is 22.7 Å². The van der Waals surface area contributed by atoms with E-state index in [4.69, 9.17) is 0 Å². The third kappa shape index (κ3) is 9.77. The van der Waals surface area contributed by atoms with Gasteiger partial charge in [0, 0.05) is 56.4 Å². The summed E-state index contributed by atoms with van der Waals surface area (Å²) in [6.07, 6.45) is 13.3. The van der Waals surface area contributed by atoms with E-state index in [1.807, 2.05) is 4.90 Å². The van der Waals surface area contributed by atoms with Crippen molar-refractivity contribution >= 4 is 38.5 Å². The number of hydrogen-bond acceptors (Lipinski definition) is 8. The molecule has 1 aromatic heterocycles. The number of rotatable bonds is 14. The maximum atomic E-state index is 13.3. The van der Waals surface area contributed by atoms with Crippen molar-refractivity contribution in [2.75, 3.05) is 50.9 Å². The Morgan fingerprint density at radius 3 is 2.50 bits per heavy atom. The number of hydrogen-bond donors (Lipinski definition) is 1. The van der Waals surface area contributed by atoms with E-state index in [2.05, 4.69) is 26.9 Å². The third-order valence-corrected chi connectivity index (χ3v) is 10.2. The predicted molar refractivity (Wildman–Crippen MR) is 151 cm³/mol. The minimum atomic E-state index is -3.48. The van der Waals surface area contributed by atoms with E-state index in [0.717, 1.165) is 37.1 Å². The number of amides is 2. The van der Waals surface area contributed by atoms with Gasteiger partial charge in [-0.2, -0.15) is 4.31 Å². The van der Waals surface area contributed by atoms with Crippen LogP contribution in [-0.4, -0.2) is 91.1 Å². The summed E-state index contributed by atoms with van der Waals surface area (Å²) in [7, 11) is -2.22. The Labute approximate surface area is 232 Å². The summed E-state index contributed by atoms with van der Waals surface area (Å²) >= 11 is 1.48. The monoisotopic (exact) mass is 571 g/mol. The highest BCUT2D eigenvalue weighted by molar-refractivity contribution is 7.89. The molecule has 0 atom stereocenters. The van der Waals surface area contributed by atoms with Crippen molar-refractivity contribution in [3.63, 3.8) is 0 Å². The standard InChI is InChI=1S/C26H45N5O5S2/c1-3-4-5-6-10-14-31(22-11-8-7-9-12-22)26(33)28-25-27-20-23(37-25)21-29-15-17-30(18-16-29)38(34,35)19-13-24(32)36-2/h20,22H,3-19,21H2,1-2H3,(H,27,28,33). The number of thiazole rings is 1. The summed E-state index contributed by atoms with van der Waals surface area (Å²) in [6, 6.07) is 0.272. The molecule has 38 heavy (non-hydrogen) atoms. The fourth-order valence-corrected chi connectivity index (χ4v) is 7.41. The van der Waals surface area contributed by atoms with Gasteiger partial charge in [-0.05, 0) is 19.3 Å². The summed E-state index contributed by atoms with van der Waals surface area (Å²) in [5, 5.41) is 3.67. The van der Waals surface area contributed by atoms with Gasteiger partial charge in [0.2, 0.25) is 10.0 Å². The predicted octanol–water partition coefficient (Wildman–Crippen LogP) is 4.29. The molecule has 0 aromatic carbocycles. The molecule has 0 unspecified atom stereocenters. The number of esters is 1. The first-order valence-electron chi connectivity index (χ1n) is 14.1. The maximum absolute atomic E-state index is 13.3. The number of urea groups is 1. The van der Waals surface area contributed by atoms with Gasteiger partial charge in [0.25, 0.3) is 0 Å². The van der Waals surface area contributed by atoms with E-state index < -0.39 is 16.0 Å². The molecule has 12 heteroatoms. The second-order valence-electron chi connectivity index (χ2n) is 10.3. The van der Waals surface area contributed by atoms with E-state index in [1.165, 1.54) is 61.3 Å². The largest absolute Gasteiger partial charge is 0.469 e. The molecule has 2 heterocycles. The van der Waals surface area contributed by atoms with Crippen LogP contribution in [0.5, 0.6) is 0 Å². The van der Waals surface area contributed by atoms with Crippen molar-refractivity contribution in [3.8, 4) is 0 Å². The SMILES string of the molecule is CCCCCCCN(C(=O)Nc1ncc(CN2CCN(S(=O)(=O)CCC(=O)OC)CC2)s1)C1CCCCC1. The van der Waals surface area contributed by atoms with Gasteiger partial charge >= 0.3 is 12.0 Å². The summed E-state index contributed by atoms with van der Waals surface area (Å²) in [6.45, 7) is 5.65. The van der Waals surface area contributed by atoms with Crippen LogP contribution in [0.25, 0.3) is 0 Å². The zero-order chi connectivity index (χ0) is 27.4. The molecule has 2 fully saturated rings. The molecule has 1 N–H and O–H groups in total. The zero-order valence-corrected chi connectivity index (χ0v) is 24.7. The number of methoxy groups -OCH3 is 1. The first-order valence-corrected chi connectivity index (χ1v) is 16.5. The number of sulfonamides is 1. The molecule has 2 amide bonds. The first-order chi connectivity index (χ1) is 18.3. The van der Waals surface area contributed by atoms with Gasteiger partial charge in [0.05, 0.1) is 19.3 Å². The molecule has 3 rings (SSSR count). The van der Waals surface area contributed by atoms with E-state index in [-0.39, 0.29) is 18.2 Å². The smallest absolute Gasteiger partial charge is 0.323 e. The first kappa shape index (κ1) is 30.8. The van der Waals surface area contributed by atoms with Crippen LogP contribution in [0.4, 0.5) is 9.93 Å². The highest BCUT2D eigenvalue weighted by Crippen LogP contribution is 2.26. The van der Waals surface area contributed by atoms with Crippen molar-refractivity contribution in [1.29, 1.82) is 0 Å².